The maximum atomic E-state index is 5.88. The summed E-state index contributed by atoms with van der Waals surface area (Å²) in [5, 5.41) is 0.798. The van der Waals surface area contributed by atoms with Crippen LogP contribution in [0.1, 0.15) is 17.0 Å². The van der Waals surface area contributed by atoms with Crippen LogP contribution in [0, 0.1) is 13.8 Å². The maximum Gasteiger partial charge on any atom is 0.188 e. The first kappa shape index (κ1) is 13.7. The molecule has 0 amide bonds. The third kappa shape index (κ3) is 3.61. The molecule has 1 heterocycles. The van der Waals surface area contributed by atoms with Gasteiger partial charge in [-0.3, -0.25) is 0 Å². The molecule has 2 aromatic rings. The van der Waals surface area contributed by atoms with E-state index in [2.05, 4.69) is 9.97 Å². The molecular weight excluding hydrogens is 258 g/mol. The molecular formula is C14H17N3OS. The zero-order valence-electron chi connectivity index (χ0n) is 11.3. The van der Waals surface area contributed by atoms with Crippen molar-refractivity contribution >= 4 is 17.4 Å². The molecule has 19 heavy (non-hydrogen) atoms. The molecule has 0 aliphatic heterocycles. The fourth-order valence-electron chi connectivity index (χ4n) is 1.78. The highest BCUT2D eigenvalue weighted by atomic mass is 32.2. The van der Waals surface area contributed by atoms with Gasteiger partial charge in [0.25, 0.3) is 0 Å². The van der Waals surface area contributed by atoms with Crippen LogP contribution >= 0.6 is 11.8 Å². The minimum atomic E-state index is 0.655. The van der Waals surface area contributed by atoms with Crippen molar-refractivity contribution in [2.45, 2.75) is 24.8 Å². The van der Waals surface area contributed by atoms with Gasteiger partial charge in [0.1, 0.15) is 5.75 Å². The van der Waals surface area contributed by atoms with E-state index in [0.29, 0.717) is 11.4 Å². The number of nitrogens with zero attached hydrogens (tertiary/aromatic N) is 2. The van der Waals surface area contributed by atoms with E-state index in [9.17, 15) is 0 Å². The summed E-state index contributed by atoms with van der Waals surface area (Å²) in [4.78, 5) is 8.80. The smallest absolute Gasteiger partial charge is 0.188 e. The number of ether oxygens (including phenoxy) is 1. The Morgan fingerprint density at radius 2 is 1.84 bits per heavy atom. The van der Waals surface area contributed by atoms with Gasteiger partial charge < -0.3 is 10.5 Å². The maximum absolute atomic E-state index is 5.88. The first-order valence-electron chi connectivity index (χ1n) is 5.96. The molecule has 0 atom stereocenters. The van der Waals surface area contributed by atoms with E-state index >= 15 is 0 Å². The summed E-state index contributed by atoms with van der Waals surface area (Å²) in [5.74, 6) is 1.49. The van der Waals surface area contributed by atoms with Crippen molar-refractivity contribution in [1.82, 2.24) is 9.97 Å². The molecule has 1 aromatic carbocycles. The van der Waals surface area contributed by atoms with E-state index in [4.69, 9.17) is 10.5 Å². The number of nitrogens with two attached hydrogens (primary N) is 1. The lowest BCUT2D eigenvalue weighted by atomic mass is 10.2. The zero-order valence-corrected chi connectivity index (χ0v) is 12.1. The Kier molecular flexibility index (Phi) is 4.27. The summed E-state index contributed by atoms with van der Waals surface area (Å²) in [6.07, 6.45) is 0. The van der Waals surface area contributed by atoms with E-state index < -0.39 is 0 Å². The molecule has 0 bridgehead atoms. The number of methoxy groups -OCH3 is 1. The lowest BCUT2D eigenvalue weighted by Gasteiger charge is -2.07. The van der Waals surface area contributed by atoms with Gasteiger partial charge in [-0.25, -0.2) is 9.97 Å². The van der Waals surface area contributed by atoms with E-state index in [1.807, 2.05) is 38.1 Å². The summed E-state index contributed by atoms with van der Waals surface area (Å²) in [7, 11) is 1.61. The third-order valence-corrected chi connectivity index (χ3v) is 3.54. The van der Waals surface area contributed by atoms with Crippen molar-refractivity contribution in [2.24, 2.45) is 0 Å². The predicted octanol–water partition coefficient (Wildman–Crippen LogP) is 2.98. The zero-order chi connectivity index (χ0) is 13.8. The fourth-order valence-corrected chi connectivity index (χ4v) is 2.67. The van der Waals surface area contributed by atoms with Crippen molar-refractivity contribution in [3.05, 3.63) is 41.2 Å². The highest BCUT2D eigenvalue weighted by molar-refractivity contribution is 7.98. The van der Waals surface area contributed by atoms with Crippen LogP contribution in [0.4, 0.5) is 5.69 Å². The number of anilines is 1. The van der Waals surface area contributed by atoms with Crippen LogP contribution < -0.4 is 10.5 Å². The van der Waals surface area contributed by atoms with Gasteiger partial charge in [-0.1, -0.05) is 17.8 Å². The van der Waals surface area contributed by atoms with E-state index in [-0.39, 0.29) is 0 Å². The average Bonchev–Trinajstić information content (AvgIpc) is 2.35. The molecule has 100 valence electrons. The Bertz CT molecular complexity index is 567. The second-order valence-electron chi connectivity index (χ2n) is 4.30. The highest BCUT2D eigenvalue weighted by Gasteiger charge is 2.04. The molecule has 5 heteroatoms. The third-order valence-electron chi connectivity index (χ3n) is 2.62. The lowest BCUT2D eigenvalue weighted by molar-refractivity contribution is 0.417. The number of thioether (sulfide) groups is 1. The number of nitrogen functional groups attached to an aromatic ring is 1. The molecule has 2 N–H and O–H groups in total. The summed E-state index contributed by atoms with van der Waals surface area (Å²) in [6, 6.07) is 7.78. The summed E-state index contributed by atoms with van der Waals surface area (Å²) < 4.78 is 5.14. The number of hydrogen-bond acceptors (Lipinski definition) is 5. The molecule has 0 aliphatic carbocycles. The number of hydrogen-bond donors (Lipinski definition) is 1. The van der Waals surface area contributed by atoms with Gasteiger partial charge in [0.2, 0.25) is 0 Å². The van der Waals surface area contributed by atoms with Crippen LogP contribution in [-0.4, -0.2) is 17.1 Å². The van der Waals surface area contributed by atoms with Gasteiger partial charge in [-0.05, 0) is 37.6 Å². The molecule has 0 saturated heterocycles. The first-order chi connectivity index (χ1) is 9.08. The molecule has 1 aromatic heterocycles. The Hall–Kier alpha value is -1.75. The molecule has 0 radical (unpaired) electrons. The van der Waals surface area contributed by atoms with Crippen LogP contribution in [0.15, 0.2) is 29.4 Å². The molecule has 4 nitrogen and oxygen atoms in total. The number of benzene rings is 1. The second kappa shape index (κ2) is 5.93. The molecule has 0 fully saturated rings. The number of aryl methyl sites for hydroxylation is 2. The van der Waals surface area contributed by atoms with E-state index in [1.54, 1.807) is 18.9 Å². The normalized spacial score (nSPS) is 10.5. The van der Waals surface area contributed by atoms with Crippen LogP contribution in [0.2, 0.25) is 0 Å². The minimum absolute atomic E-state index is 0.655. The molecule has 2 rings (SSSR count). The Balaban J connectivity index is 2.08. The van der Waals surface area contributed by atoms with Crippen LogP contribution in [0.3, 0.4) is 0 Å². The van der Waals surface area contributed by atoms with Gasteiger partial charge in [0.05, 0.1) is 12.8 Å². The average molecular weight is 275 g/mol. The van der Waals surface area contributed by atoms with E-state index in [0.717, 1.165) is 27.9 Å². The van der Waals surface area contributed by atoms with Crippen LogP contribution in [0.5, 0.6) is 5.75 Å². The highest BCUT2D eigenvalue weighted by Crippen LogP contribution is 2.26. The molecule has 0 aliphatic rings. The van der Waals surface area contributed by atoms with Gasteiger partial charge >= 0.3 is 0 Å². The number of aromatic nitrogens is 2. The van der Waals surface area contributed by atoms with Crippen molar-refractivity contribution in [3.8, 4) is 5.75 Å². The minimum Gasteiger partial charge on any atom is -0.495 e. The number of rotatable bonds is 4. The molecule has 0 saturated carbocycles. The van der Waals surface area contributed by atoms with Gasteiger partial charge in [-0.2, -0.15) is 0 Å². The SMILES string of the molecule is COc1ccc(CSc2nc(C)cc(C)n2)cc1N. The Morgan fingerprint density at radius 1 is 1.16 bits per heavy atom. The summed E-state index contributed by atoms with van der Waals surface area (Å²) in [6.45, 7) is 3.95. The standard InChI is InChI=1S/C14H17N3OS/c1-9-6-10(2)17-14(16-9)19-8-11-4-5-13(18-3)12(15)7-11/h4-7H,8,15H2,1-3H3. The lowest BCUT2D eigenvalue weighted by Crippen LogP contribution is -1.95. The fraction of sp³-hybridized carbons (Fsp3) is 0.286. The summed E-state index contributed by atoms with van der Waals surface area (Å²) in [5.41, 5.74) is 9.65. The molecule has 0 spiro atoms. The van der Waals surface area contributed by atoms with E-state index in [1.165, 1.54) is 0 Å². The van der Waals surface area contributed by atoms with Crippen LogP contribution in [0.25, 0.3) is 0 Å². The second-order valence-corrected chi connectivity index (χ2v) is 5.24. The van der Waals surface area contributed by atoms with Crippen molar-refractivity contribution in [1.29, 1.82) is 0 Å². The van der Waals surface area contributed by atoms with Gasteiger partial charge in [0, 0.05) is 17.1 Å². The summed E-state index contributed by atoms with van der Waals surface area (Å²) >= 11 is 1.61. The quantitative estimate of drug-likeness (QED) is 0.528. The predicted molar refractivity (Wildman–Crippen MR) is 78.5 cm³/mol. The van der Waals surface area contributed by atoms with Crippen molar-refractivity contribution in [2.75, 3.05) is 12.8 Å². The topological polar surface area (TPSA) is 61.0 Å². The largest absolute Gasteiger partial charge is 0.495 e. The monoisotopic (exact) mass is 275 g/mol. The Labute approximate surface area is 117 Å². The van der Waals surface area contributed by atoms with Gasteiger partial charge in [0.15, 0.2) is 5.16 Å². The van der Waals surface area contributed by atoms with Gasteiger partial charge in [-0.15, -0.1) is 0 Å². The van der Waals surface area contributed by atoms with Crippen molar-refractivity contribution < 1.29 is 4.74 Å². The molecule has 0 unspecified atom stereocenters. The van der Waals surface area contributed by atoms with Crippen molar-refractivity contribution in [3.63, 3.8) is 0 Å². The van der Waals surface area contributed by atoms with Crippen LogP contribution in [-0.2, 0) is 5.75 Å². The first-order valence-corrected chi connectivity index (χ1v) is 6.94. The Morgan fingerprint density at radius 3 is 2.42 bits per heavy atom.